The predicted molar refractivity (Wildman–Crippen MR) is 70.2 cm³/mol. The topological polar surface area (TPSA) is 21.3 Å². The number of hydrogen-bond donors (Lipinski definition) is 1. The summed E-state index contributed by atoms with van der Waals surface area (Å²) < 4.78 is 45.3. The van der Waals surface area contributed by atoms with Gasteiger partial charge in [-0.25, -0.2) is 8.78 Å². The van der Waals surface area contributed by atoms with Crippen molar-refractivity contribution in [1.82, 2.24) is 5.32 Å². The van der Waals surface area contributed by atoms with Crippen molar-refractivity contribution in [3.8, 4) is 11.5 Å². The van der Waals surface area contributed by atoms with E-state index in [1.54, 1.807) is 0 Å². The molecule has 1 N–H and O–H groups in total. The van der Waals surface area contributed by atoms with Crippen molar-refractivity contribution in [3.05, 3.63) is 59.4 Å². The van der Waals surface area contributed by atoms with E-state index in [0.29, 0.717) is 18.7 Å². The fourth-order valence-electron chi connectivity index (χ4n) is 1.73. The third-order valence-corrected chi connectivity index (χ3v) is 2.72. The number of benzene rings is 2. The summed E-state index contributed by atoms with van der Waals surface area (Å²) in [4.78, 5) is 0. The quantitative estimate of drug-likeness (QED) is 0.894. The summed E-state index contributed by atoms with van der Waals surface area (Å²) in [6.07, 6.45) is 0. The first-order valence-electron chi connectivity index (χ1n) is 6.23. The van der Waals surface area contributed by atoms with E-state index in [1.807, 2.05) is 6.92 Å². The molecule has 2 aromatic rings. The normalized spacial score (nSPS) is 10.6. The average molecular weight is 281 g/mol. The number of nitrogens with one attached hydrogen (secondary N) is 1. The molecule has 20 heavy (non-hydrogen) atoms. The lowest BCUT2D eigenvalue weighted by Crippen LogP contribution is -2.12. The lowest BCUT2D eigenvalue weighted by molar-refractivity contribution is 0.411. The zero-order valence-electron chi connectivity index (χ0n) is 10.9. The first-order valence-corrected chi connectivity index (χ1v) is 6.23. The fraction of sp³-hybridized carbons (Fsp3) is 0.200. The summed E-state index contributed by atoms with van der Waals surface area (Å²) in [6, 6.07) is 7.58. The molecule has 0 aliphatic heterocycles. The van der Waals surface area contributed by atoms with E-state index in [9.17, 15) is 13.2 Å². The molecule has 0 saturated heterocycles. The largest absolute Gasteiger partial charge is 0.454 e. The monoisotopic (exact) mass is 281 g/mol. The van der Waals surface area contributed by atoms with E-state index in [0.717, 1.165) is 6.07 Å². The minimum Gasteiger partial charge on any atom is -0.454 e. The van der Waals surface area contributed by atoms with Gasteiger partial charge in [0.05, 0.1) is 0 Å². The lowest BCUT2D eigenvalue weighted by Gasteiger charge is -2.12. The predicted octanol–water partition coefficient (Wildman–Crippen LogP) is 4.01. The van der Waals surface area contributed by atoms with Crippen LogP contribution in [0.3, 0.4) is 0 Å². The van der Waals surface area contributed by atoms with Gasteiger partial charge in [-0.3, -0.25) is 0 Å². The zero-order valence-corrected chi connectivity index (χ0v) is 10.9. The Bertz CT molecular complexity index is 602. The highest BCUT2D eigenvalue weighted by Crippen LogP contribution is 2.29. The molecular formula is C15H14F3NO. The maximum Gasteiger partial charge on any atom is 0.201 e. The molecule has 0 atom stereocenters. The van der Waals surface area contributed by atoms with Crippen molar-refractivity contribution in [3.63, 3.8) is 0 Å². The van der Waals surface area contributed by atoms with Crippen LogP contribution in [0.5, 0.6) is 11.5 Å². The number of halogens is 3. The fourth-order valence-corrected chi connectivity index (χ4v) is 1.73. The molecule has 106 valence electrons. The summed E-state index contributed by atoms with van der Waals surface area (Å²) in [5.74, 6) is -2.40. The Balaban J connectivity index is 2.30. The van der Waals surface area contributed by atoms with Crippen LogP contribution in [0.4, 0.5) is 13.2 Å². The molecule has 2 aromatic carbocycles. The van der Waals surface area contributed by atoms with Gasteiger partial charge in [0.2, 0.25) is 5.82 Å². The Labute approximate surface area is 115 Å². The first-order chi connectivity index (χ1) is 9.61. The molecule has 0 aliphatic rings. The standard InChI is InChI=1S/C15H14F3NO/c1-2-19-9-10-8-11(16)6-7-13(10)20-14-5-3-4-12(17)15(14)18/h3-8,19H,2,9H2,1H3. The van der Waals surface area contributed by atoms with Gasteiger partial charge in [0.25, 0.3) is 0 Å². The Morgan fingerprint density at radius 3 is 2.60 bits per heavy atom. The van der Waals surface area contributed by atoms with Gasteiger partial charge >= 0.3 is 0 Å². The highest BCUT2D eigenvalue weighted by molar-refractivity contribution is 5.38. The molecule has 5 heteroatoms. The number of rotatable bonds is 5. The molecule has 0 aliphatic carbocycles. The summed E-state index contributed by atoms with van der Waals surface area (Å²) >= 11 is 0. The average Bonchev–Trinajstić information content (AvgIpc) is 2.44. The minimum atomic E-state index is -1.06. The van der Waals surface area contributed by atoms with E-state index >= 15 is 0 Å². The van der Waals surface area contributed by atoms with Gasteiger partial charge in [0.15, 0.2) is 11.6 Å². The van der Waals surface area contributed by atoms with Gasteiger partial charge in [-0.15, -0.1) is 0 Å². The second-order valence-electron chi connectivity index (χ2n) is 4.19. The van der Waals surface area contributed by atoms with Crippen LogP contribution < -0.4 is 10.1 Å². The molecule has 0 fully saturated rings. The van der Waals surface area contributed by atoms with Crippen LogP contribution in [0.25, 0.3) is 0 Å². The first kappa shape index (κ1) is 14.4. The van der Waals surface area contributed by atoms with Crippen molar-refractivity contribution in [2.24, 2.45) is 0 Å². The maximum atomic E-state index is 13.6. The minimum absolute atomic E-state index is 0.227. The van der Waals surface area contributed by atoms with Gasteiger partial charge in [-0.1, -0.05) is 13.0 Å². The van der Waals surface area contributed by atoms with Crippen LogP contribution in [0.15, 0.2) is 36.4 Å². The molecule has 0 heterocycles. The third kappa shape index (κ3) is 3.30. The smallest absolute Gasteiger partial charge is 0.201 e. The van der Waals surface area contributed by atoms with Crippen LogP contribution in [0.2, 0.25) is 0 Å². The second kappa shape index (κ2) is 6.43. The van der Waals surface area contributed by atoms with E-state index < -0.39 is 17.5 Å². The van der Waals surface area contributed by atoms with E-state index in [-0.39, 0.29) is 11.5 Å². The van der Waals surface area contributed by atoms with Crippen molar-refractivity contribution < 1.29 is 17.9 Å². The summed E-state index contributed by atoms with van der Waals surface area (Å²) in [6.45, 7) is 2.98. The summed E-state index contributed by atoms with van der Waals surface area (Å²) in [5, 5.41) is 3.03. The lowest BCUT2D eigenvalue weighted by atomic mass is 10.2. The Hall–Kier alpha value is -2.01. The maximum absolute atomic E-state index is 13.6. The van der Waals surface area contributed by atoms with Crippen LogP contribution in [0, 0.1) is 17.5 Å². The Morgan fingerprint density at radius 1 is 1.05 bits per heavy atom. The molecule has 0 aromatic heterocycles. The summed E-state index contributed by atoms with van der Waals surface area (Å²) in [5.41, 5.74) is 0.538. The SMILES string of the molecule is CCNCc1cc(F)ccc1Oc1cccc(F)c1F. The molecular weight excluding hydrogens is 267 g/mol. The van der Waals surface area contributed by atoms with Crippen LogP contribution in [0.1, 0.15) is 12.5 Å². The van der Waals surface area contributed by atoms with Crippen LogP contribution in [-0.2, 0) is 6.54 Å². The van der Waals surface area contributed by atoms with E-state index in [1.165, 1.54) is 30.3 Å². The highest BCUT2D eigenvalue weighted by Gasteiger charge is 2.12. The van der Waals surface area contributed by atoms with Crippen LogP contribution in [-0.4, -0.2) is 6.54 Å². The highest BCUT2D eigenvalue weighted by atomic mass is 19.2. The van der Waals surface area contributed by atoms with E-state index in [2.05, 4.69) is 5.32 Å². The van der Waals surface area contributed by atoms with Gasteiger partial charge in [0.1, 0.15) is 11.6 Å². The Morgan fingerprint density at radius 2 is 1.85 bits per heavy atom. The molecule has 0 bridgehead atoms. The molecule has 2 nitrogen and oxygen atoms in total. The van der Waals surface area contributed by atoms with Crippen molar-refractivity contribution in [2.45, 2.75) is 13.5 Å². The second-order valence-corrected chi connectivity index (χ2v) is 4.19. The molecule has 0 radical (unpaired) electrons. The van der Waals surface area contributed by atoms with Gasteiger partial charge < -0.3 is 10.1 Å². The van der Waals surface area contributed by atoms with Crippen molar-refractivity contribution in [2.75, 3.05) is 6.54 Å². The number of ether oxygens (including phenoxy) is 1. The molecule has 0 amide bonds. The molecule has 0 saturated carbocycles. The number of hydrogen-bond acceptors (Lipinski definition) is 2. The zero-order chi connectivity index (χ0) is 14.5. The van der Waals surface area contributed by atoms with Crippen molar-refractivity contribution >= 4 is 0 Å². The van der Waals surface area contributed by atoms with Gasteiger partial charge in [0, 0.05) is 12.1 Å². The van der Waals surface area contributed by atoms with Crippen molar-refractivity contribution in [1.29, 1.82) is 0 Å². The van der Waals surface area contributed by atoms with E-state index in [4.69, 9.17) is 4.74 Å². The molecule has 0 unspecified atom stereocenters. The molecule has 2 rings (SSSR count). The van der Waals surface area contributed by atoms with Crippen LogP contribution >= 0.6 is 0 Å². The van der Waals surface area contributed by atoms with Gasteiger partial charge in [-0.05, 0) is 36.9 Å². The molecule has 0 spiro atoms. The summed E-state index contributed by atoms with van der Waals surface area (Å²) in [7, 11) is 0. The Kier molecular flexibility index (Phi) is 4.63. The third-order valence-electron chi connectivity index (χ3n) is 2.72. The van der Waals surface area contributed by atoms with Gasteiger partial charge in [-0.2, -0.15) is 4.39 Å².